The Morgan fingerprint density at radius 1 is 1.00 bits per heavy atom. The van der Waals surface area contributed by atoms with Crippen LogP contribution in [0.1, 0.15) is 48.0 Å². The van der Waals surface area contributed by atoms with E-state index in [1.165, 1.54) is 6.42 Å². The van der Waals surface area contributed by atoms with E-state index in [-0.39, 0.29) is 0 Å². The van der Waals surface area contributed by atoms with Crippen molar-refractivity contribution in [3.63, 3.8) is 0 Å². The van der Waals surface area contributed by atoms with Crippen LogP contribution < -0.4 is 0 Å². The molecule has 0 rings (SSSR count). The summed E-state index contributed by atoms with van der Waals surface area (Å²) in [6.45, 7) is 14.3. The third-order valence-electron chi connectivity index (χ3n) is 2.48. The van der Waals surface area contributed by atoms with Gasteiger partial charge in [-0.25, -0.2) is 0 Å². The zero-order chi connectivity index (χ0) is 10.4. The zero-order valence-corrected chi connectivity index (χ0v) is 10.1. The van der Waals surface area contributed by atoms with Crippen molar-refractivity contribution in [2.75, 3.05) is 6.61 Å². The predicted molar refractivity (Wildman–Crippen MR) is 58.9 cm³/mol. The molecule has 13 heavy (non-hydrogen) atoms. The van der Waals surface area contributed by atoms with Gasteiger partial charge in [-0.2, -0.15) is 0 Å². The van der Waals surface area contributed by atoms with Crippen molar-refractivity contribution in [2.24, 2.45) is 17.8 Å². The Labute approximate surface area is 83.9 Å². The normalized spacial score (nSPS) is 16.6. The molecule has 80 valence electrons. The molecule has 0 aliphatic heterocycles. The van der Waals surface area contributed by atoms with Gasteiger partial charge in [-0.1, -0.05) is 48.0 Å². The lowest BCUT2D eigenvalue weighted by molar-refractivity contribution is -0.0256. The van der Waals surface area contributed by atoms with Crippen molar-refractivity contribution in [3.05, 3.63) is 0 Å². The first-order valence-corrected chi connectivity index (χ1v) is 5.60. The van der Waals surface area contributed by atoms with Gasteiger partial charge >= 0.3 is 0 Å². The second-order valence-corrected chi connectivity index (χ2v) is 4.82. The van der Waals surface area contributed by atoms with Gasteiger partial charge in [0.05, 0.1) is 6.10 Å². The van der Waals surface area contributed by atoms with Crippen LogP contribution >= 0.6 is 0 Å². The van der Waals surface area contributed by atoms with Gasteiger partial charge in [0.1, 0.15) is 0 Å². The maximum Gasteiger partial charge on any atom is 0.0623 e. The summed E-state index contributed by atoms with van der Waals surface area (Å²) in [5, 5.41) is 0. The Morgan fingerprint density at radius 2 is 1.54 bits per heavy atom. The van der Waals surface area contributed by atoms with Crippen LogP contribution in [0.25, 0.3) is 0 Å². The van der Waals surface area contributed by atoms with Gasteiger partial charge in [0.15, 0.2) is 0 Å². The van der Waals surface area contributed by atoms with E-state index in [0.29, 0.717) is 23.9 Å². The van der Waals surface area contributed by atoms with E-state index < -0.39 is 0 Å². The zero-order valence-electron chi connectivity index (χ0n) is 10.1. The minimum Gasteiger partial charge on any atom is -0.377 e. The molecule has 0 aliphatic rings. The topological polar surface area (TPSA) is 9.23 Å². The Morgan fingerprint density at radius 3 is 1.85 bits per heavy atom. The van der Waals surface area contributed by atoms with Crippen LogP contribution in [0.2, 0.25) is 0 Å². The fourth-order valence-electron chi connectivity index (χ4n) is 1.55. The standard InChI is InChI=1S/C12H26O/c1-7-11(6)12(10(4)5)13-8-9(2)3/h9-12H,7-8H2,1-6H3. The molecule has 1 nitrogen and oxygen atoms in total. The molecule has 0 bridgehead atoms. The largest absolute Gasteiger partial charge is 0.377 e. The second-order valence-electron chi connectivity index (χ2n) is 4.82. The summed E-state index contributed by atoms with van der Waals surface area (Å²) < 4.78 is 5.92. The van der Waals surface area contributed by atoms with Crippen LogP contribution in [-0.2, 0) is 4.74 Å². The molecule has 0 radical (unpaired) electrons. The lowest BCUT2D eigenvalue weighted by Gasteiger charge is -2.27. The minimum atomic E-state index is 0.437. The summed E-state index contributed by atoms with van der Waals surface area (Å²) in [5.41, 5.74) is 0. The molecule has 0 aromatic carbocycles. The van der Waals surface area contributed by atoms with Crippen LogP contribution in [0.15, 0.2) is 0 Å². The van der Waals surface area contributed by atoms with Crippen molar-refractivity contribution >= 4 is 0 Å². The number of hydrogen-bond donors (Lipinski definition) is 0. The van der Waals surface area contributed by atoms with Gasteiger partial charge in [0, 0.05) is 6.61 Å². The molecule has 0 spiro atoms. The van der Waals surface area contributed by atoms with E-state index in [4.69, 9.17) is 4.74 Å². The van der Waals surface area contributed by atoms with Crippen LogP contribution in [0.3, 0.4) is 0 Å². The average Bonchev–Trinajstić information content (AvgIpc) is 2.03. The van der Waals surface area contributed by atoms with E-state index in [1.807, 2.05) is 0 Å². The van der Waals surface area contributed by atoms with Crippen LogP contribution in [-0.4, -0.2) is 12.7 Å². The molecule has 1 heteroatoms. The lowest BCUT2D eigenvalue weighted by atomic mass is 9.92. The van der Waals surface area contributed by atoms with Crippen LogP contribution in [0, 0.1) is 17.8 Å². The van der Waals surface area contributed by atoms with E-state index >= 15 is 0 Å². The molecular weight excluding hydrogens is 160 g/mol. The number of rotatable bonds is 6. The van der Waals surface area contributed by atoms with Crippen molar-refractivity contribution in [1.29, 1.82) is 0 Å². The third-order valence-corrected chi connectivity index (χ3v) is 2.48. The summed E-state index contributed by atoms with van der Waals surface area (Å²) in [6, 6.07) is 0. The first-order valence-electron chi connectivity index (χ1n) is 5.60. The minimum absolute atomic E-state index is 0.437. The third kappa shape index (κ3) is 5.30. The molecule has 0 heterocycles. The van der Waals surface area contributed by atoms with Crippen LogP contribution in [0.4, 0.5) is 0 Å². The quantitative estimate of drug-likeness (QED) is 0.614. The molecule has 0 saturated heterocycles. The maximum absolute atomic E-state index is 5.92. The molecule has 0 fully saturated rings. The van der Waals surface area contributed by atoms with Gasteiger partial charge in [-0.05, 0) is 17.8 Å². The lowest BCUT2D eigenvalue weighted by Crippen LogP contribution is -2.28. The maximum atomic E-state index is 5.92. The van der Waals surface area contributed by atoms with Gasteiger partial charge in [-0.15, -0.1) is 0 Å². The van der Waals surface area contributed by atoms with Gasteiger partial charge < -0.3 is 4.74 Å². The SMILES string of the molecule is CCC(C)C(OCC(C)C)C(C)C. The summed E-state index contributed by atoms with van der Waals surface area (Å²) in [6.07, 6.45) is 1.65. The monoisotopic (exact) mass is 186 g/mol. The highest BCUT2D eigenvalue weighted by atomic mass is 16.5. The molecule has 0 aromatic heterocycles. The molecule has 0 aromatic rings. The average molecular weight is 186 g/mol. The molecule has 0 aliphatic carbocycles. The number of hydrogen-bond acceptors (Lipinski definition) is 1. The molecule has 0 amide bonds. The first kappa shape index (κ1) is 13.0. The second kappa shape index (κ2) is 6.42. The van der Waals surface area contributed by atoms with Gasteiger partial charge in [-0.3, -0.25) is 0 Å². The molecule has 2 atom stereocenters. The highest BCUT2D eigenvalue weighted by molar-refractivity contribution is 4.69. The molecule has 0 N–H and O–H groups in total. The summed E-state index contributed by atoms with van der Waals surface area (Å²) in [7, 11) is 0. The predicted octanol–water partition coefficient (Wildman–Crippen LogP) is 3.73. The van der Waals surface area contributed by atoms with E-state index in [0.717, 1.165) is 6.61 Å². The Bertz CT molecular complexity index is 118. The van der Waals surface area contributed by atoms with Crippen molar-refractivity contribution in [2.45, 2.75) is 54.1 Å². The van der Waals surface area contributed by atoms with Gasteiger partial charge in [0.25, 0.3) is 0 Å². The molecule has 0 saturated carbocycles. The van der Waals surface area contributed by atoms with Crippen molar-refractivity contribution < 1.29 is 4.74 Å². The van der Waals surface area contributed by atoms with E-state index in [9.17, 15) is 0 Å². The summed E-state index contributed by atoms with van der Waals surface area (Å²) in [4.78, 5) is 0. The Kier molecular flexibility index (Phi) is 6.40. The fourth-order valence-corrected chi connectivity index (χ4v) is 1.55. The van der Waals surface area contributed by atoms with Crippen molar-refractivity contribution in [3.8, 4) is 0 Å². The van der Waals surface area contributed by atoms with E-state index in [1.54, 1.807) is 0 Å². The van der Waals surface area contributed by atoms with E-state index in [2.05, 4.69) is 41.5 Å². The molecular formula is C12H26O. The molecule has 2 unspecified atom stereocenters. The van der Waals surface area contributed by atoms with Crippen molar-refractivity contribution in [1.82, 2.24) is 0 Å². The summed E-state index contributed by atoms with van der Waals surface area (Å²) in [5.74, 6) is 1.96. The number of ether oxygens (including phenoxy) is 1. The first-order chi connectivity index (χ1) is 5.99. The van der Waals surface area contributed by atoms with Crippen LogP contribution in [0.5, 0.6) is 0 Å². The van der Waals surface area contributed by atoms with Gasteiger partial charge in [0.2, 0.25) is 0 Å². The highest BCUT2D eigenvalue weighted by Gasteiger charge is 2.20. The summed E-state index contributed by atoms with van der Waals surface area (Å²) >= 11 is 0. The fraction of sp³-hybridized carbons (Fsp3) is 1.00. The highest BCUT2D eigenvalue weighted by Crippen LogP contribution is 2.19. The smallest absolute Gasteiger partial charge is 0.0623 e. The Hall–Kier alpha value is -0.0400. The Balaban J connectivity index is 3.95.